The Hall–Kier alpha value is -0.170. The molecule has 0 aromatic carbocycles. The van der Waals surface area contributed by atoms with E-state index in [2.05, 4.69) is 4.90 Å². The number of hydrogen-bond donors (Lipinski definition) is 1. The lowest BCUT2D eigenvalue weighted by Gasteiger charge is -2.52. The number of sulfonamides is 1. The highest BCUT2D eigenvalue weighted by molar-refractivity contribution is 7.88. The molecule has 0 radical (unpaired) electrons. The number of piperazine rings is 1. The second kappa shape index (κ2) is 4.25. The zero-order valence-corrected chi connectivity index (χ0v) is 10.7. The molecule has 0 aromatic rings. The lowest BCUT2D eigenvalue weighted by molar-refractivity contribution is 0.00172. The summed E-state index contributed by atoms with van der Waals surface area (Å²) < 4.78 is 24.3. The van der Waals surface area contributed by atoms with Crippen LogP contribution in [0, 0.1) is 0 Å². The minimum absolute atomic E-state index is 0.184. The van der Waals surface area contributed by atoms with Crippen LogP contribution in [0.3, 0.4) is 0 Å². The van der Waals surface area contributed by atoms with Gasteiger partial charge in [-0.15, -0.1) is 0 Å². The summed E-state index contributed by atoms with van der Waals surface area (Å²) >= 11 is 0. The minimum Gasteiger partial charge on any atom is -0.329 e. The molecule has 0 spiro atoms. The van der Waals surface area contributed by atoms with Gasteiger partial charge in [-0.3, -0.25) is 4.90 Å². The van der Waals surface area contributed by atoms with Crippen LogP contribution in [0.15, 0.2) is 0 Å². The van der Waals surface area contributed by atoms with E-state index in [0.717, 1.165) is 13.1 Å². The molecule has 94 valence electrons. The molecule has 2 aliphatic rings. The van der Waals surface area contributed by atoms with Gasteiger partial charge >= 0.3 is 0 Å². The zero-order chi connectivity index (χ0) is 11.8. The Balaban J connectivity index is 1.95. The van der Waals surface area contributed by atoms with Crippen LogP contribution < -0.4 is 5.73 Å². The molecule has 0 amide bonds. The molecule has 16 heavy (non-hydrogen) atoms. The summed E-state index contributed by atoms with van der Waals surface area (Å²) in [4.78, 5) is 2.39. The molecule has 6 heteroatoms. The maximum Gasteiger partial charge on any atom is 0.211 e. The molecule has 1 heterocycles. The standard InChI is InChI=1S/C10H21N3O2S/c1-16(14,15)13-7-5-12(6-8-13)10(9-11)3-2-4-10/h2-9,11H2,1H3. The summed E-state index contributed by atoms with van der Waals surface area (Å²) in [6.07, 6.45) is 4.87. The van der Waals surface area contributed by atoms with E-state index in [1.807, 2.05) is 0 Å². The first kappa shape index (κ1) is 12.3. The predicted octanol–water partition coefficient (Wildman–Crippen LogP) is -0.555. The van der Waals surface area contributed by atoms with Crippen LogP contribution in [0.2, 0.25) is 0 Å². The quantitative estimate of drug-likeness (QED) is 0.726. The van der Waals surface area contributed by atoms with E-state index in [1.54, 1.807) is 4.31 Å². The normalized spacial score (nSPS) is 27.6. The van der Waals surface area contributed by atoms with Gasteiger partial charge in [-0.25, -0.2) is 8.42 Å². The van der Waals surface area contributed by atoms with Gasteiger partial charge in [0.1, 0.15) is 0 Å². The van der Waals surface area contributed by atoms with E-state index >= 15 is 0 Å². The lowest BCUT2D eigenvalue weighted by atomic mass is 9.75. The van der Waals surface area contributed by atoms with Crippen molar-refractivity contribution in [1.29, 1.82) is 0 Å². The number of nitrogens with two attached hydrogens (primary N) is 1. The minimum atomic E-state index is -3.01. The van der Waals surface area contributed by atoms with E-state index in [4.69, 9.17) is 5.73 Å². The van der Waals surface area contributed by atoms with Crippen LogP contribution in [-0.4, -0.2) is 62.1 Å². The number of nitrogens with zero attached hydrogens (tertiary/aromatic N) is 2. The largest absolute Gasteiger partial charge is 0.329 e. The van der Waals surface area contributed by atoms with Crippen molar-refractivity contribution in [2.45, 2.75) is 24.8 Å². The Morgan fingerprint density at radius 1 is 1.19 bits per heavy atom. The zero-order valence-electron chi connectivity index (χ0n) is 9.85. The van der Waals surface area contributed by atoms with Crippen molar-refractivity contribution in [1.82, 2.24) is 9.21 Å². The van der Waals surface area contributed by atoms with E-state index in [0.29, 0.717) is 19.6 Å². The molecule has 5 nitrogen and oxygen atoms in total. The van der Waals surface area contributed by atoms with Crippen LogP contribution in [0.5, 0.6) is 0 Å². The van der Waals surface area contributed by atoms with Gasteiger partial charge < -0.3 is 5.73 Å². The first-order valence-corrected chi connectivity index (χ1v) is 7.73. The average molecular weight is 247 g/mol. The van der Waals surface area contributed by atoms with Gasteiger partial charge in [0.05, 0.1) is 6.26 Å². The molecular formula is C10H21N3O2S. The van der Waals surface area contributed by atoms with Crippen molar-refractivity contribution in [3.8, 4) is 0 Å². The second-order valence-corrected chi connectivity index (χ2v) is 6.91. The van der Waals surface area contributed by atoms with Gasteiger partial charge in [0.2, 0.25) is 10.0 Å². The predicted molar refractivity (Wildman–Crippen MR) is 63.6 cm³/mol. The average Bonchev–Trinajstić information content (AvgIpc) is 2.16. The highest BCUT2D eigenvalue weighted by atomic mass is 32.2. The molecule has 2 fully saturated rings. The molecule has 1 aliphatic carbocycles. The summed E-state index contributed by atoms with van der Waals surface area (Å²) in [5, 5.41) is 0. The van der Waals surface area contributed by atoms with Crippen LogP contribution >= 0.6 is 0 Å². The highest BCUT2D eigenvalue weighted by Crippen LogP contribution is 2.37. The van der Waals surface area contributed by atoms with Gasteiger partial charge in [-0.1, -0.05) is 0 Å². The summed E-state index contributed by atoms with van der Waals surface area (Å²) in [7, 11) is -3.01. The highest BCUT2D eigenvalue weighted by Gasteiger charge is 2.42. The molecule has 2 N–H and O–H groups in total. The molecular weight excluding hydrogens is 226 g/mol. The Morgan fingerprint density at radius 3 is 2.06 bits per heavy atom. The van der Waals surface area contributed by atoms with Crippen molar-refractivity contribution in [3.63, 3.8) is 0 Å². The fourth-order valence-corrected chi connectivity index (χ4v) is 3.56. The summed E-state index contributed by atoms with van der Waals surface area (Å²) in [6, 6.07) is 0. The van der Waals surface area contributed by atoms with Gasteiger partial charge in [-0.05, 0) is 19.3 Å². The monoisotopic (exact) mass is 247 g/mol. The van der Waals surface area contributed by atoms with Gasteiger partial charge in [0.25, 0.3) is 0 Å². The van der Waals surface area contributed by atoms with Crippen molar-refractivity contribution >= 4 is 10.0 Å². The smallest absolute Gasteiger partial charge is 0.211 e. The van der Waals surface area contributed by atoms with E-state index in [-0.39, 0.29) is 5.54 Å². The van der Waals surface area contributed by atoms with Crippen LogP contribution in [-0.2, 0) is 10.0 Å². The van der Waals surface area contributed by atoms with Crippen LogP contribution in [0.1, 0.15) is 19.3 Å². The van der Waals surface area contributed by atoms with Gasteiger partial charge in [0.15, 0.2) is 0 Å². The molecule has 0 bridgehead atoms. The molecule has 0 atom stereocenters. The molecule has 2 rings (SSSR count). The molecule has 0 aromatic heterocycles. The molecule has 0 unspecified atom stereocenters. The van der Waals surface area contributed by atoms with E-state index in [1.165, 1.54) is 25.5 Å². The third-order valence-electron chi connectivity index (χ3n) is 4.04. The first-order chi connectivity index (χ1) is 7.48. The first-order valence-electron chi connectivity index (χ1n) is 5.88. The summed E-state index contributed by atoms with van der Waals surface area (Å²) in [6.45, 7) is 3.57. The van der Waals surface area contributed by atoms with Gasteiger partial charge in [0, 0.05) is 38.3 Å². The maximum absolute atomic E-state index is 11.4. The second-order valence-electron chi connectivity index (χ2n) is 4.93. The van der Waals surface area contributed by atoms with E-state index < -0.39 is 10.0 Å². The van der Waals surface area contributed by atoms with Crippen molar-refractivity contribution in [2.24, 2.45) is 5.73 Å². The lowest BCUT2D eigenvalue weighted by Crippen LogP contribution is -2.63. The topological polar surface area (TPSA) is 66.6 Å². The Labute approximate surface area is 97.6 Å². The van der Waals surface area contributed by atoms with Crippen molar-refractivity contribution in [2.75, 3.05) is 39.0 Å². The van der Waals surface area contributed by atoms with E-state index in [9.17, 15) is 8.42 Å². The fraction of sp³-hybridized carbons (Fsp3) is 1.00. The summed E-state index contributed by atoms with van der Waals surface area (Å²) in [5.74, 6) is 0. The Kier molecular flexibility index (Phi) is 3.27. The molecule has 1 saturated heterocycles. The van der Waals surface area contributed by atoms with Crippen LogP contribution in [0.4, 0.5) is 0 Å². The third-order valence-corrected chi connectivity index (χ3v) is 5.35. The molecule has 1 aliphatic heterocycles. The molecule has 1 saturated carbocycles. The van der Waals surface area contributed by atoms with Gasteiger partial charge in [-0.2, -0.15) is 4.31 Å². The SMILES string of the molecule is CS(=O)(=O)N1CCN(C2(CN)CCC2)CC1. The number of hydrogen-bond acceptors (Lipinski definition) is 4. The Bertz CT molecular complexity index is 338. The maximum atomic E-state index is 11.4. The Morgan fingerprint density at radius 2 is 1.75 bits per heavy atom. The fourth-order valence-electron chi connectivity index (χ4n) is 2.73. The van der Waals surface area contributed by atoms with Crippen LogP contribution in [0.25, 0.3) is 0 Å². The summed E-state index contributed by atoms with van der Waals surface area (Å²) in [5.41, 5.74) is 6.03. The number of rotatable bonds is 3. The van der Waals surface area contributed by atoms with Crippen molar-refractivity contribution < 1.29 is 8.42 Å². The third kappa shape index (κ3) is 2.11. The van der Waals surface area contributed by atoms with Crippen molar-refractivity contribution in [3.05, 3.63) is 0 Å².